The van der Waals surface area contributed by atoms with E-state index >= 15 is 0 Å². The molecule has 1 unspecified atom stereocenters. The van der Waals surface area contributed by atoms with E-state index in [1.807, 2.05) is 20.8 Å². The molecule has 0 aliphatic carbocycles. The summed E-state index contributed by atoms with van der Waals surface area (Å²) in [5.74, 6) is 0.264. The first-order chi connectivity index (χ1) is 7.58. The Morgan fingerprint density at radius 2 is 1.88 bits per heavy atom. The van der Waals surface area contributed by atoms with Crippen LogP contribution >= 0.6 is 0 Å². The van der Waals surface area contributed by atoms with Gasteiger partial charge in [0.2, 0.25) is 5.91 Å². The molecule has 4 N–H and O–H groups in total. The van der Waals surface area contributed by atoms with E-state index in [1.54, 1.807) is 0 Å². The molecule has 5 heteroatoms. The molecule has 0 bridgehead atoms. The van der Waals surface area contributed by atoms with Crippen molar-refractivity contribution >= 4 is 11.7 Å². The molecule has 5 nitrogen and oxygen atoms in total. The summed E-state index contributed by atoms with van der Waals surface area (Å²) in [6, 6.07) is -0.0519. The summed E-state index contributed by atoms with van der Waals surface area (Å²) >= 11 is 0. The summed E-state index contributed by atoms with van der Waals surface area (Å²) in [5, 5.41) is 14.3. The third-order valence-electron chi connectivity index (χ3n) is 2.78. The lowest BCUT2D eigenvalue weighted by Gasteiger charge is -2.19. The SMILES string of the molecule is CCC(CC(N)=NO)NC(=O)C(CC)CC. The van der Waals surface area contributed by atoms with Crippen molar-refractivity contribution in [3.8, 4) is 0 Å². The van der Waals surface area contributed by atoms with Crippen molar-refractivity contribution in [3.63, 3.8) is 0 Å². The van der Waals surface area contributed by atoms with Gasteiger partial charge in [-0.25, -0.2) is 0 Å². The molecule has 0 heterocycles. The third-order valence-corrected chi connectivity index (χ3v) is 2.78. The number of carbonyl (C=O) groups is 1. The molecule has 0 aromatic heterocycles. The normalized spacial score (nSPS) is 13.9. The van der Waals surface area contributed by atoms with Crippen LogP contribution in [0.15, 0.2) is 5.16 Å². The summed E-state index contributed by atoms with van der Waals surface area (Å²) in [4.78, 5) is 11.8. The minimum Gasteiger partial charge on any atom is -0.409 e. The zero-order valence-electron chi connectivity index (χ0n) is 10.4. The van der Waals surface area contributed by atoms with Gasteiger partial charge in [-0.1, -0.05) is 25.9 Å². The molecule has 1 atom stereocenters. The van der Waals surface area contributed by atoms with Gasteiger partial charge in [0.25, 0.3) is 0 Å². The molecule has 0 aliphatic rings. The molecule has 0 fully saturated rings. The number of amidine groups is 1. The number of hydrogen-bond donors (Lipinski definition) is 3. The van der Waals surface area contributed by atoms with Crippen LogP contribution in [0, 0.1) is 5.92 Å². The minimum atomic E-state index is -0.0519. The van der Waals surface area contributed by atoms with E-state index in [4.69, 9.17) is 10.9 Å². The lowest BCUT2D eigenvalue weighted by atomic mass is 10.0. The Hall–Kier alpha value is -1.26. The molecular weight excluding hydrogens is 206 g/mol. The zero-order chi connectivity index (χ0) is 12.6. The Morgan fingerprint density at radius 1 is 1.31 bits per heavy atom. The maximum absolute atomic E-state index is 11.8. The first-order valence-corrected chi connectivity index (χ1v) is 5.85. The highest BCUT2D eigenvalue weighted by molar-refractivity contribution is 5.82. The Labute approximate surface area is 97.1 Å². The second-order valence-corrected chi connectivity index (χ2v) is 3.92. The fourth-order valence-electron chi connectivity index (χ4n) is 1.57. The van der Waals surface area contributed by atoms with E-state index in [1.165, 1.54) is 0 Å². The first kappa shape index (κ1) is 14.7. The molecule has 0 radical (unpaired) electrons. The second-order valence-electron chi connectivity index (χ2n) is 3.92. The number of oxime groups is 1. The molecule has 1 amide bonds. The smallest absolute Gasteiger partial charge is 0.223 e. The number of carbonyl (C=O) groups excluding carboxylic acids is 1. The number of amides is 1. The molecule has 0 spiro atoms. The summed E-state index contributed by atoms with van der Waals surface area (Å²) < 4.78 is 0. The van der Waals surface area contributed by atoms with Crippen LogP contribution in [-0.4, -0.2) is 23.0 Å². The molecule has 0 saturated heterocycles. The van der Waals surface area contributed by atoms with E-state index < -0.39 is 0 Å². The van der Waals surface area contributed by atoms with Crippen LogP contribution in [0.25, 0.3) is 0 Å². The zero-order valence-corrected chi connectivity index (χ0v) is 10.4. The van der Waals surface area contributed by atoms with Crippen LogP contribution in [0.2, 0.25) is 0 Å². The quantitative estimate of drug-likeness (QED) is 0.267. The largest absolute Gasteiger partial charge is 0.409 e. The second kappa shape index (κ2) is 7.96. The molecule has 0 aromatic carbocycles. The van der Waals surface area contributed by atoms with Crippen molar-refractivity contribution in [2.45, 2.75) is 52.5 Å². The predicted octanol–water partition coefficient (Wildman–Crippen LogP) is 1.45. The third kappa shape index (κ3) is 5.00. The molecule has 0 aliphatic heterocycles. The molecule has 94 valence electrons. The Kier molecular flexibility index (Phi) is 7.33. The lowest BCUT2D eigenvalue weighted by Crippen LogP contribution is -2.40. The predicted molar refractivity (Wildman–Crippen MR) is 64.3 cm³/mol. The van der Waals surface area contributed by atoms with E-state index in [9.17, 15) is 4.79 Å². The molecule has 16 heavy (non-hydrogen) atoms. The van der Waals surface area contributed by atoms with Crippen LogP contribution < -0.4 is 11.1 Å². The van der Waals surface area contributed by atoms with Crippen molar-refractivity contribution in [1.29, 1.82) is 0 Å². The number of nitrogens with one attached hydrogen (secondary N) is 1. The lowest BCUT2D eigenvalue weighted by molar-refractivity contribution is -0.125. The van der Waals surface area contributed by atoms with E-state index in [0.29, 0.717) is 6.42 Å². The van der Waals surface area contributed by atoms with Gasteiger partial charge in [-0.15, -0.1) is 0 Å². The Balaban J connectivity index is 4.26. The standard InChI is InChI=1S/C11H23N3O2/c1-4-8(5-2)11(15)13-9(6-3)7-10(12)14-16/h8-9,16H,4-7H2,1-3H3,(H2,12,14)(H,13,15). The maximum atomic E-state index is 11.8. The average Bonchev–Trinajstić information content (AvgIpc) is 2.29. The number of nitrogens with two attached hydrogens (primary N) is 1. The van der Waals surface area contributed by atoms with Crippen molar-refractivity contribution in [3.05, 3.63) is 0 Å². The van der Waals surface area contributed by atoms with Crippen molar-refractivity contribution in [2.24, 2.45) is 16.8 Å². The highest BCUT2D eigenvalue weighted by Crippen LogP contribution is 2.09. The monoisotopic (exact) mass is 229 g/mol. The van der Waals surface area contributed by atoms with Crippen molar-refractivity contribution < 1.29 is 10.0 Å². The van der Waals surface area contributed by atoms with Crippen LogP contribution in [0.3, 0.4) is 0 Å². The highest BCUT2D eigenvalue weighted by atomic mass is 16.4. The highest BCUT2D eigenvalue weighted by Gasteiger charge is 2.18. The Bertz CT molecular complexity index is 237. The van der Waals surface area contributed by atoms with Gasteiger partial charge in [0.15, 0.2) is 0 Å². The van der Waals surface area contributed by atoms with Crippen molar-refractivity contribution in [1.82, 2.24) is 5.32 Å². The van der Waals surface area contributed by atoms with Gasteiger partial charge in [0, 0.05) is 18.4 Å². The summed E-state index contributed by atoms with van der Waals surface area (Å²) in [6.45, 7) is 5.96. The van der Waals surface area contributed by atoms with E-state index in [0.717, 1.165) is 19.3 Å². The molecule has 0 rings (SSSR count). The van der Waals surface area contributed by atoms with Crippen LogP contribution in [-0.2, 0) is 4.79 Å². The van der Waals surface area contributed by atoms with Gasteiger partial charge in [0.05, 0.1) is 0 Å². The van der Waals surface area contributed by atoms with E-state index in [2.05, 4.69) is 10.5 Å². The Morgan fingerprint density at radius 3 is 2.25 bits per heavy atom. The van der Waals surface area contributed by atoms with Gasteiger partial charge in [-0.05, 0) is 19.3 Å². The van der Waals surface area contributed by atoms with Gasteiger partial charge in [-0.3, -0.25) is 4.79 Å². The van der Waals surface area contributed by atoms with Crippen LogP contribution in [0.4, 0.5) is 0 Å². The number of nitrogens with zero attached hydrogens (tertiary/aromatic N) is 1. The van der Waals surface area contributed by atoms with Gasteiger partial charge < -0.3 is 16.3 Å². The fourth-order valence-corrected chi connectivity index (χ4v) is 1.57. The minimum absolute atomic E-state index is 0.0519. The summed E-state index contributed by atoms with van der Waals surface area (Å²) in [5.41, 5.74) is 5.41. The first-order valence-electron chi connectivity index (χ1n) is 5.85. The topological polar surface area (TPSA) is 87.7 Å². The average molecular weight is 229 g/mol. The van der Waals surface area contributed by atoms with Gasteiger partial charge in [-0.2, -0.15) is 0 Å². The van der Waals surface area contributed by atoms with Gasteiger partial charge in [0.1, 0.15) is 5.84 Å². The van der Waals surface area contributed by atoms with Gasteiger partial charge >= 0.3 is 0 Å². The molecule has 0 saturated carbocycles. The van der Waals surface area contributed by atoms with Crippen molar-refractivity contribution in [2.75, 3.05) is 0 Å². The van der Waals surface area contributed by atoms with Crippen LogP contribution in [0.1, 0.15) is 46.5 Å². The maximum Gasteiger partial charge on any atom is 0.223 e. The summed E-state index contributed by atoms with van der Waals surface area (Å²) in [6.07, 6.45) is 2.83. The number of rotatable bonds is 7. The summed E-state index contributed by atoms with van der Waals surface area (Å²) in [7, 11) is 0. The molecular formula is C11H23N3O2. The van der Waals surface area contributed by atoms with Crippen LogP contribution in [0.5, 0.6) is 0 Å². The number of hydrogen-bond acceptors (Lipinski definition) is 3. The van der Waals surface area contributed by atoms with E-state index in [-0.39, 0.29) is 23.7 Å². The fraction of sp³-hybridized carbons (Fsp3) is 0.818. The molecule has 0 aromatic rings.